The molecule has 0 amide bonds. The molecule has 4 rings (SSSR count). The lowest BCUT2D eigenvalue weighted by atomic mass is 9.88. The van der Waals surface area contributed by atoms with Crippen LogP contribution in [0, 0.1) is 12.3 Å². The molecule has 0 radical (unpaired) electrons. The fourth-order valence-electron chi connectivity index (χ4n) is 4.11. The highest BCUT2D eigenvalue weighted by Gasteiger charge is 2.24. The van der Waals surface area contributed by atoms with E-state index in [2.05, 4.69) is 92.9 Å². The molecule has 0 aromatic heterocycles. The summed E-state index contributed by atoms with van der Waals surface area (Å²) in [5, 5.41) is 13.9. The summed E-state index contributed by atoms with van der Waals surface area (Å²) in [7, 11) is 0. The molecule has 8 nitrogen and oxygen atoms in total. The largest absolute Gasteiger partial charge is 0.459 e. The fourth-order valence-corrected chi connectivity index (χ4v) is 4.11. The van der Waals surface area contributed by atoms with Gasteiger partial charge in [0.1, 0.15) is 12.7 Å². The Morgan fingerprint density at radius 2 is 1.69 bits per heavy atom. The molecule has 8 heteroatoms. The van der Waals surface area contributed by atoms with Crippen LogP contribution in [0.4, 0.5) is 0 Å². The number of benzene rings is 2. The second-order valence-electron chi connectivity index (χ2n) is 8.07. The van der Waals surface area contributed by atoms with E-state index in [1.54, 1.807) is 0 Å². The molecule has 2 fully saturated rings. The number of nitrogens with zero attached hydrogens (tertiary/aromatic N) is 1. The van der Waals surface area contributed by atoms with Crippen LogP contribution in [0.15, 0.2) is 66.2 Å². The summed E-state index contributed by atoms with van der Waals surface area (Å²) in [6, 6.07) is 21.2. The van der Waals surface area contributed by atoms with E-state index in [1.807, 2.05) is 0 Å². The Labute approximate surface area is 205 Å². The van der Waals surface area contributed by atoms with Gasteiger partial charge in [-0.05, 0) is 39.6 Å². The summed E-state index contributed by atoms with van der Waals surface area (Å²) < 4.78 is 10.8. The first-order valence-corrected chi connectivity index (χ1v) is 11.6. The predicted octanol–water partition coefficient (Wildman–Crippen LogP) is 3.89. The molecule has 0 aliphatic carbocycles. The van der Waals surface area contributed by atoms with Crippen LogP contribution in [-0.2, 0) is 29.2 Å². The van der Waals surface area contributed by atoms with E-state index in [0.29, 0.717) is 19.8 Å². The van der Waals surface area contributed by atoms with Crippen LogP contribution in [0.5, 0.6) is 0 Å². The lowest BCUT2D eigenvalue weighted by molar-refractivity contribution is -0.620. The van der Waals surface area contributed by atoms with E-state index in [-0.39, 0.29) is 18.7 Å². The summed E-state index contributed by atoms with van der Waals surface area (Å²) in [6.07, 6.45) is 7.38. The summed E-state index contributed by atoms with van der Waals surface area (Å²) in [5.41, 5.74) is 5.33. The first kappa shape index (κ1) is 26.6. The lowest BCUT2D eigenvalue weighted by Crippen LogP contribution is -2.37. The zero-order valence-corrected chi connectivity index (χ0v) is 19.6. The Hall–Kier alpha value is -3.03. The van der Waals surface area contributed by atoms with Gasteiger partial charge in [-0.15, -0.1) is 6.42 Å². The molecule has 1 unspecified atom stereocenters. The first-order chi connectivity index (χ1) is 17.2. The van der Waals surface area contributed by atoms with Gasteiger partial charge in [0.2, 0.25) is 0 Å². The van der Waals surface area contributed by atoms with Gasteiger partial charge in [0.15, 0.2) is 0 Å². The molecule has 2 aliphatic rings. The number of esters is 1. The van der Waals surface area contributed by atoms with Crippen LogP contribution in [0.1, 0.15) is 30.4 Å². The number of terminal acetylenes is 1. The molecule has 35 heavy (non-hydrogen) atoms. The van der Waals surface area contributed by atoms with Gasteiger partial charge in [0.25, 0.3) is 0 Å². The summed E-state index contributed by atoms with van der Waals surface area (Å²) in [4.78, 5) is 18.3. The van der Waals surface area contributed by atoms with Crippen molar-refractivity contribution >= 4 is 11.5 Å². The van der Waals surface area contributed by atoms with E-state index >= 15 is 0 Å². The number of hydrogen-bond donors (Lipinski definition) is 1. The molecular weight excluding hydrogens is 450 g/mol. The van der Waals surface area contributed by atoms with Crippen LogP contribution in [0.2, 0.25) is 0 Å². The third-order valence-electron chi connectivity index (χ3n) is 5.70. The maximum absolute atomic E-state index is 12.2. The number of ether oxygens (including phenoxy) is 2. The van der Waals surface area contributed by atoms with Crippen LogP contribution in [0.3, 0.4) is 0 Å². The van der Waals surface area contributed by atoms with Crippen molar-refractivity contribution in [2.24, 2.45) is 0 Å². The fraction of sp³-hybridized carbons (Fsp3) is 0.370. The zero-order valence-electron chi connectivity index (χ0n) is 19.6. The quantitative estimate of drug-likeness (QED) is 0.200. The van der Waals surface area contributed by atoms with Crippen molar-refractivity contribution in [2.45, 2.75) is 25.4 Å². The van der Waals surface area contributed by atoms with Crippen LogP contribution >= 0.6 is 0 Å². The minimum atomic E-state index is -0.130. The van der Waals surface area contributed by atoms with E-state index < -0.39 is 0 Å². The van der Waals surface area contributed by atoms with Crippen molar-refractivity contribution < 1.29 is 34.5 Å². The van der Waals surface area contributed by atoms with Gasteiger partial charge in [-0.3, -0.25) is 9.69 Å². The van der Waals surface area contributed by atoms with E-state index in [0.717, 1.165) is 32.4 Å². The number of likely N-dealkylation sites (tertiary alicyclic amines) is 1. The highest BCUT2D eigenvalue weighted by Crippen LogP contribution is 2.32. The van der Waals surface area contributed by atoms with Crippen molar-refractivity contribution in [1.82, 2.24) is 4.90 Å². The highest BCUT2D eigenvalue weighted by molar-refractivity contribution is 5.82. The molecule has 2 aromatic carbocycles. The zero-order chi connectivity index (χ0) is 24.7. The Kier molecular flexibility index (Phi) is 11.4. The Morgan fingerprint density at radius 3 is 2.20 bits per heavy atom. The van der Waals surface area contributed by atoms with Crippen molar-refractivity contribution in [3.63, 3.8) is 0 Å². The van der Waals surface area contributed by atoms with E-state index in [1.165, 1.54) is 22.3 Å². The molecule has 2 aromatic rings. The lowest BCUT2D eigenvalue weighted by Gasteiger charge is -2.29. The van der Waals surface area contributed by atoms with Gasteiger partial charge >= 0.3 is 5.97 Å². The van der Waals surface area contributed by atoms with Crippen LogP contribution in [0.25, 0.3) is 5.57 Å². The third kappa shape index (κ3) is 8.92. The molecular formula is C27H31NO7. The number of piperidine rings is 1. The van der Waals surface area contributed by atoms with Crippen LogP contribution < -0.4 is 0 Å². The highest BCUT2D eigenvalue weighted by atomic mass is 17.6. The first-order valence-electron chi connectivity index (χ1n) is 11.6. The molecule has 2 aliphatic heterocycles. The second-order valence-corrected chi connectivity index (χ2v) is 8.07. The van der Waals surface area contributed by atoms with E-state index in [9.17, 15) is 4.79 Å². The summed E-state index contributed by atoms with van der Waals surface area (Å²) >= 11 is 0. The molecule has 2 heterocycles. The average Bonchev–Trinajstić information content (AvgIpc) is 3.40. The number of carbonyl (C=O) groups excluding carboxylic acids is 1. The van der Waals surface area contributed by atoms with Crippen LogP contribution in [-0.4, -0.2) is 61.7 Å². The topological polar surface area (TPSA) is 86.7 Å². The number of hydrogen-bond acceptors (Lipinski definition) is 8. The molecule has 0 spiro atoms. The Bertz CT molecular complexity index is 915. The monoisotopic (exact) mass is 481 g/mol. The van der Waals surface area contributed by atoms with Gasteiger partial charge in [0.05, 0.1) is 19.8 Å². The van der Waals surface area contributed by atoms with Gasteiger partial charge in [0, 0.05) is 19.5 Å². The van der Waals surface area contributed by atoms with Gasteiger partial charge in [-0.2, -0.15) is 4.89 Å². The van der Waals surface area contributed by atoms with Gasteiger partial charge in [-0.25, -0.2) is 5.26 Å². The summed E-state index contributed by atoms with van der Waals surface area (Å²) in [5.74, 6) is 1.93. The maximum atomic E-state index is 12.2. The van der Waals surface area contributed by atoms with Gasteiger partial charge in [-0.1, -0.05) is 72.2 Å². The molecule has 2 saturated heterocycles. The predicted molar refractivity (Wildman–Crippen MR) is 129 cm³/mol. The molecule has 0 saturated carbocycles. The number of rotatable bonds is 8. The minimum absolute atomic E-state index is 0.0550. The SMILES string of the molecule is C#CCOOOO.O=C(CN1CCC(=C(c2ccccc2)c2ccccc2)CC1)OC1CCOC1. The summed E-state index contributed by atoms with van der Waals surface area (Å²) in [6.45, 7) is 3.31. The smallest absolute Gasteiger partial charge is 0.320 e. The second kappa shape index (κ2) is 15.1. The van der Waals surface area contributed by atoms with Crippen molar-refractivity contribution in [2.75, 3.05) is 39.5 Å². The Balaban J connectivity index is 0.000000429. The normalized spacial score (nSPS) is 17.7. The van der Waals surface area contributed by atoms with Gasteiger partial charge < -0.3 is 9.47 Å². The van der Waals surface area contributed by atoms with E-state index in [4.69, 9.17) is 14.7 Å². The molecule has 186 valence electrons. The Morgan fingerprint density at radius 1 is 1.06 bits per heavy atom. The third-order valence-corrected chi connectivity index (χ3v) is 5.70. The maximum Gasteiger partial charge on any atom is 0.320 e. The molecule has 1 N–H and O–H groups in total. The molecule has 0 bridgehead atoms. The molecule has 1 atom stereocenters. The van der Waals surface area contributed by atoms with Crippen molar-refractivity contribution in [1.29, 1.82) is 0 Å². The number of carbonyl (C=O) groups is 1. The van der Waals surface area contributed by atoms with Crippen molar-refractivity contribution in [3.8, 4) is 12.3 Å². The average molecular weight is 482 g/mol. The minimum Gasteiger partial charge on any atom is -0.459 e. The standard InChI is InChI=1S/C24H27NO3.C3H4O4/c26-23(28-22-13-16-27-18-22)17-25-14-11-21(12-15-25)24(19-7-3-1-4-8-19)20-9-5-2-6-10-20;1-2-3-5-7-6-4/h1-10,22H,11-18H2;1,4H,3H2. The van der Waals surface area contributed by atoms with Crippen molar-refractivity contribution in [3.05, 3.63) is 77.4 Å².